The van der Waals surface area contributed by atoms with Crippen molar-refractivity contribution in [3.8, 4) is 0 Å². The molecule has 3 N–H and O–H groups in total. The van der Waals surface area contributed by atoms with Crippen molar-refractivity contribution in [2.45, 2.75) is 136 Å². The first-order valence-corrected chi connectivity index (χ1v) is 14.4. The van der Waals surface area contributed by atoms with Crippen LogP contribution < -0.4 is 0 Å². The Balaban J connectivity index is 2.63. The number of cyclic esters (lactones) is 1. The first kappa shape index (κ1) is 33.8. The first-order chi connectivity index (χ1) is 18.0. The van der Waals surface area contributed by atoms with Crippen LogP contribution in [0.15, 0.2) is 11.6 Å². The van der Waals surface area contributed by atoms with E-state index in [0.717, 1.165) is 0 Å². The van der Waals surface area contributed by atoms with Crippen molar-refractivity contribution in [1.82, 2.24) is 0 Å². The average Bonchev–Trinajstić information content (AvgIpc) is 2.88. The molecule has 0 bridgehead atoms. The van der Waals surface area contributed by atoms with Crippen LogP contribution in [0.4, 0.5) is 0 Å². The van der Waals surface area contributed by atoms with Crippen molar-refractivity contribution in [1.29, 1.82) is 0 Å². The van der Waals surface area contributed by atoms with Gasteiger partial charge in [-0.25, -0.2) is 0 Å². The minimum absolute atomic E-state index is 0.0725. The standard InChI is InChI=1S/C30H52O9/c1-11-21-15-29(8,35)22(12-2)38-27(34)20(7)25(33)19(6)26(30(9,36-10)14-17(4)23(21)31)39-28-24(32)16(3)13-18(5)37-28/h15-20,22,24-26,28,32-33,35H,11-14H2,1-10H3/b21-15+/t16-,17+,18+,19-,20+,22+,24+,25-,26+,28-,29-,30-/m0/s1. The molecule has 39 heavy (non-hydrogen) atoms. The monoisotopic (exact) mass is 556 g/mol. The third-order valence-electron chi connectivity index (χ3n) is 8.79. The van der Waals surface area contributed by atoms with E-state index < -0.39 is 65.6 Å². The summed E-state index contributed by atoms with van der Waals surface area (Å²) in [6.07, 6.45) is -1.91. The Morgan fingerprint density at radius 2 is 1.67 bits per heavy atom. The Labute approximate surface area is 234 Å². The van der Waals surface area contributed by atoms with Crippen molar-refractivity contribution in [2.24, 2.45) is 23.7 Å². The Hall–Kier alpha value is -1.36. The Morgan fingerprint density at radius 3 is 2.21 bits per heavy atom. The van der Waals surface area contributed by atoms with Crippen molar-refractivity contribution in [3.05, 3.63) is 11.6 Å². The highest BCUT2D eigenvalue weighted by Crippen LogP contribution is 2.38. The molecule has 0 amide bonds. The summed E-state index contributed by atoms with van der Waals surface area (Å²) in [4.78, 5) is 26.8. The van der Waals surface area contributed by atoms with Crippen LogP contribution >= 0.6 is 0 Å². The number of aliphatic hydroxyl groups excluding tert-OH is 2. The van der Waals surface area contributed by atoms with Gasteiger partial charge in [-0.15, -0.1) is 0 Å². The summed E-state index contributed by atoms with van der Waals surface area (Å²) in [5.41, 5.74) is -2.25. The number of rotatable bonds is 5. The van der Waals surface area contributed by atoms with Crippen LogP contribution in [0.1, 0.15) is 88.0 Å². The molecule has 0 unspecified atom stereocenters. The Morgan fingerprint density at radius 1 is 1.05 bits per heavy atom. The summed E-state index contributed by atoms with van der Waals surface area (Å²) in [5, 5.41) is 33.6. The molecule has 0 spiro atoms. The number of aliphatic hydroxyl groups is 3. The molecule has 0 aromatic carbocycles. The first-order valence-electron chi connectivity index (χ1n) is 14.4. The van der Waals surface area contributed by atoms with E-state index in [1.54, 1.807) is 34.6 Å². The van der Waals surface area contributed by atoms with Crippen molar-refractivity contribution in [2.75, 3.05) is 7.11 Å². The minimum atomic E-state index is -1.58. The maximum Gasteiger partial charge on any atom is 0.311 e. The molecule has 226 valence electrons. The molecule has 9 heteroatoms. The lowest BCUT2D eigenvalue weighted by molar-refractivity contribution is -0.300. The number of Topliss-reactive ketones (excluding diaryl/α,β-unsaturated/α-hetero) is 1. The molecule has 2 rings (SSSR count). The van der Waals surface area contributed by atoms with Gasteiger partial charge in [0, 0.05) is 18.9 Å². The summed E-state index contributed by atoms with van der Waals surface area (Å²) in [5.74, 6) is -3.06. The molecule has 2 aliphatic heterocycles. The van der Waals surface area contributed by atoms with E-state index in [1.807, 2.05) is 20.8 Å². The number of allylic oxidation sites excluding steroid dienone is 1. The molecule has 2 aliphatic rings. The quantitative estimate of drug-likeness (QED) is 0.435. The number of carbonyl (C=O) groups is 2. The zero-order valence-electron chi connectivity index (χ0n) is 25.5. The maximum atomic E-state index is 13.6. The van der Waals surface area contributed by atoms with Crippen LogP contribution in [0.5, 0.6) is 0 Å². The van der Waals surface area contributed by atoms with E-state index >= 15 is 0 Å². The van der Waals surface area contributed by atoms with Gasteiger partial charge in [0.2, 0.25) is 0 Å². The second-order valence-electron chi connectivity index (χ2n) is 12.3. The van der Waals surface area contributed by atoms with Gasteiger partial charge in [-0.2, -0.15) is 0 Å². The van der Waals surface area contributed by atoms with Crippen LogP contribution in [0.2, 0.25) is 0 Å². The second-order valence-corrected chi connectivity index (χ2v) is 12.3. The third kappa shape index (κ3) is 7.68. The number of hydrogen-bond donors (Lipinski definition) is 3. The van der Waals surface area contributed by atoms with Gasteiger partial charge in [-0.3, -0.25) is 9.59 Å². The molecule has 12 atom stereocenters. The molecule has 1 saturated heterocycles. The second kappa shape index (κ2) is 13.5. The van der Waals surface area contributed by atoms with Gasteiger partial charge in [0.15, 0.2) is 12.1 Å². The smallest absolute Gasteiger partial charge is 0.311 e. The van der Waals surface area contributed by atoms with Gasteiger partial charge in [0.1, 0.15) is 17.8 Å². The lowest BCUT2D eigenvalue weighted by Gasteiger charge is -2.46. The molecule has 0 aromatic heterocycles. The van der Waals surface area contributed by atoms with Crippen LogP contribution in [0, 0.1) is 23.7 Å². The predicted molar refractivity (Wildman–Crippen MR) is 147 cm³/mol. The zero-order valence-corrected chi connectivity index (χ0v) is 25.5. The molecule has 1 fully saturated rings. The van der Waals surface area contributed by atoms with Crippen molar-refractivity contribution < 1.29 is 43.9 Å². The summed E-state index contributed by atoms with van der Waals surface area (Å²) < 4.78 is 24.2. The van der Waals surface area contributed by atoms with E-state index in [2.05, 4.69) is 0 Å². The van der Waals surface area contributed by atoms with Gasteiger partial charge in [-0.1, -0.05) is 34.6 Å². The normalized spacial score (nSPS) is 46.6. The van der Waals surface area contributed by atoms with Crippen LogP contribution in [0.3, 0.4) is 0 Å². The van der Waals surface area contributed by atoms with E-state index in [-0.39, 0.29) is 24.2 Å². The van der Waals surface area contributed by atoms with Gasteiger partial charge in [0.05, 0.1) is 29.8 Å². The molecule has 0 aromatic rings. The predicted octanol–water partition coefficient (Wildman–Crippen LogP) is 3.56. The topological polar surface area (TPSA) is 132 Å². The van der Waals surface area contributed by atoms with Crippen LogP contribution in [-0.4, -0.2) is 82.2 Å². The molecular weight excluding hydrogens is 504 g/mol. The molecule has 9 nitrogen and oxygen atoms in total. The number of hydrogen-bond acceptors (Lipinski definition) is 9. The van der Waals surface area contributed by atoms with Gasteiger partial charge in [0.25, 0.3) is 0 Å². The lowest BCUT2D eigenvalue weighted by Crippen LogP contribution is -2.57. The third-order valence-corrected chi connectivity index (χ3v) is 8.79. The largest absolute Gasteiger partial charge is 0.459 e. The molecule has 0 radical (unpaired) electrons. The van der Waals surface area contributed by atoms with E-state index in [0.29, 0.717) is 24.8 Å². The van der Waals surface area contributed by atoms with E-state index in [4.69, 9.17) is 18.9 Å². The average molecular weight is 557 g/mol. The minimum Gasteiger partial charge on any atom is -0.459 e. The summed E-state index contributed by atoms with van der Waals surface area (Å²) in [6.45, 7) is 15.9. The highest BCUT2D eigenvalue weighted by atomic mass is 16.7. The summed E-state index contributed by atoms with van der Waals surface area (Å²) in [7, 11) is 1.52. The molecular formula is C30H52O9. The SMILES string of the molecule is CC/C1=C\[C@](C)(O)[C@@H](CC)OC(=O)[C@H](C)[C@@H](O)[C@H](C)[C@@H](O[C@@H]2O[C@H](C)C[C@H](C)[C@H]2O)[C@@](C)(OC)C[C@@H](C)C1=O. The molecule has 0 aliphatic carbocycles. The molecule has 0 saturated carbocycles. The maximum absolute atomic E-state index is 13.6. The number of carbonyl (C=O) groups excluding carboxylic acids is 2. The Bertz CT molecular complexity index is 870. The fourth-order valence-electron chi connectivity index (χ4n) is 6.14. The Kier molecular flexibility index (Phi) is 11.7. The van der Waals surface area contributed by atoms with Gasteiger partial charge < -0.3 is 34.3 Å². The highest BCUT2D eigenvalue weighted by molar-refractivity contribution is 5.97. The number of ether oxygens (including phenoxy) is 4. The fourth-order valence-corrected chi connectivity index (χ4v) is 6.14. The van der Waals surface area contributed by atoms with Crippen LogP contribution in [0.25, 0.3) is 0 Å². The summed E-state index contributed by atoms with van der Waals surface area (Å²) in [6, 6.07) is 0. The zero-order chi connectivity index (χ0) is 29.9. The number of methoxy groups -OCH3 is 1. The van der Waals surface area contributed by atoms with Crippen molar-refractivity contribution >= 4 is 11.8 Å². The highest BCUT2D eigenvalue weighted by Gasteiger charge is 2.49. The van der Waals surface area contributed by atoms with E-state index in [9.17, 15) is 24.9 Å². The van der Waals surface area contributed by atoms with Crippen molar-refractivity contribution in [3.63, 3.8) is 0 Å². The number of esters is 1. The molecule has 2 heterocycles. The van der Waals surface area contributed by atoms with E-state index in [1.165, 1.54) is 20.1 Å². The lowest BCUT2D eigenvalue weighted by atomic mass is 9.76. The summed E-state index contributed by atoms with van der Waals surface area (Å²) >= 11 is 0. The fraction of sp³-hybridized carbons (Fsp3) is 0.867. The van der Waals surface area contributed by atoms with Crippen LogP contribution in [-0.2, 0) is 28.5 Å². The van der Waals surface area contributed by atoms with Gasteiger partial charge in [-0.05, 0) is 70.9 Å². The van der Waals surface area contributed by atoms with Gasteiger partial charge >= 0.3 is 5.97 Å². The number of ketones is 1.